The molecule has 0 spiro atoms. The minimum Gasteiger partial charge on any atom is -0.508 e. The first-order valence-electron chi connectivity index (χ1n) is 4.50. The predicted molar refractivity (Wildman–Crippen MR) is 55.6 cm³/mol. The number of phenolic OH excluding ortho intramolecular Hbond substituents is 1. The number of hydrogen-bond acceptors (Lipinski definition) is 3. The summed E-state index contributed by atoms with van der Waals surface area (Å²) in [6.07, 6.45) is 0.783. The molecule has 0 amide bonds. The molecule has 1 aromatic carbocycles. The molecule has 0 radical (unpaired) electrons. The van der Waals surface area contributed by atoms with Crippen molar-refractivity contribution in [2.24, 2.45) is 0 Å². The average molecular weight is 193 g/mol. The molecule has 0 aliphatic rings. The zero-order valence-corrected chi connectivity index (χ0v) is 8.69. The summed E-state index contributed by atoms with van der Waals surface area (Å²) in [6, 6.07) is 4.97. The van der Waals surface area contributed by atoms with Crippen LogP contribution < -0.4 is 0 Å². The first-order chi connectivity index (χ1) is 6.56. The zero-order valence-electron chi connectivity index (χ0n) is 8.69. The number of rotatable bonds is 3. The smallest absolute Gasteiger partial charge is 0.150 e. The fourth-order valence-corrected chi connectivity index (χ4v) is 1.26. The normalized spacial score (nSPS) is 12.9. The minimum absolute atomic E-state index is 0.0925. The molecule has 3 nitrogen and oxygen atoms in total. The summed E-state index contributed by atoms with van der Waals surface area (Å²) < 4.78 is 0. The van der Waals surface area contributed by atoms with Crippen LogP contribution in [0.2, 0.25) is 0 Å². The number of benzene rings is 1. The predicted octanol–water partition coefficient (Wildman–Crippen LogP) is 1.83. The van der Waals surface area contributed by atoms with Gasteiger partial charge in [0.2, 0.25) is 0 Å². The van der Waals surface area contributed by atoms with E-state index in [1.54, 1.807) is 18.2 Å². The van der Waals surface area contributed by atoms with E-state index in [0.29, 0.717) is 5.56 Å². The van der Waals surface area contributed by atoms with E-state index in [1.807, 2.05) is 25.9 Å². The van der Waals surface area contributed by atoms with Crippen LogP contribution in [-0.2, 0) is 0 Å². The van der Waals surface area contributed by atoms with Crippen LogP contribution in [0.3, 0.4) is 0 Å². The zero-order chi connectivity index (χ0) is 10.7. The molecule has 1 unspecified atom stereocenters. The molecular weight excluding hydrogens is 178 g/mol. The molecule has 0 heterocycles. The summed E-state index contributed by atoms with van der Waals surface area (Å²) in [5.41, 5.74) is 1.37. The molecular formula is C11H15NO2. The van der Waals surface area contributed by atoms with E-state index < -0.39 is 0 Å². The van der Waals surface area contributed by atoms with E-state index in [4.69, 9.17) is 0 Å². The Morgan fingerprint density at radius 1 is 1.43 bits per heavy atom. The molecule has 0 saturated carbocycles. The molecule has 76 valence electrons. The summed E-state index contributed by atoms with van der Waals surface area (Å²) in [4.78, 5) is 12.5. The van der Waals surface area contributed by atoms with E-state index in [-0.39, 0.29) is 11.8 Å². The van der Waals surface area contributed by atoms with Gasteiger partial charge in [0.15, 0.2) is 0 Å². The third kappa shape index (κ3) is 2.12. The van der Waals surface area contributed by atoms with E-state index in [9.17, 15) is 9.90 Å². The summed E-state index contributed by atoms with van der Waals surface area (Å²) in [5, 5.41) is 9.61. The van der Waals surface area contributed by atoms with Crippen molar-refractivity contribution in [2.75, 3.05) is 14.1 Å². The van der Waals surface area contributed by atoms with Gasteiger partial charge in [0, 0.05) is 17.2 Å². The molecule has 1 aromatic rings. The van der Waals surface area contributed by atoms with Gasteiger partial charge in [-0.05, 0) is 39.2 Å². The van der Waals surface area contributed by atoms with Gasteiger partial charge in [0.25, 0.3) is 0 Å². The van der Waals surface area contributed by atoms with Crippen LogP contribution in [0.5, 0.6) is 5.75 Å². The maximum absolute atomic E-state index is 10.6. The Kier molecular flexibility index (Phi) is 3.25. The lowest BCUT2D eigenvalue weighted by Crippen LogP contribution is -2.16. The number of carbonyl (C=O) groups is 1. The van der Waals surface area contributed by atoms with Crippen LogP contribution >= 0.6 is 0 Å². The van der Waals surface area contributed by atoms with Crippen molar-refractivity contribution >= 4 is 6.29 Å². The van der Waals surface area contributed by atoms with Crippen LogP contribution in [0.25, 0.3) is 0 Å². The second-order valence-corrected chi connectivity index (χ2v) is 3.58. The number of phenols is 1. The van der Waals surface area contributed by atoms with E-state index >= 15 is 0 Å². The highest BCUT2D eigenvalue weighted by molar-refractivity contribution is 5.75. The Bertz CT molecular complexity index is 334. The minimum atomic E-state index is 0.0925. The molecule has 1 atom stereocenters. The van der Waals surface area contributed by atoms with Gasteiger partial charge < -0.3 is 10.0 Å². The fraction of sp³-hybridized carbons (Fsp3) is 0.364. The van der Waals surface area contributed by atoms with Crippen molar-refractivity contribution < 1.29 is 9.90 Å². The third-order valence-corrected chi connectivity index (χ3v) is 2.41. The monoisotopic (exact) mass is 193 g/mol. The lowest BCUT2D eigenvalue weighted by Gasteiger charge is -2.21. The average Bonchev–Trinajstić information content (AvgIpc) is 2.17. The standard InChI is InChI=1S/C11H15NO2/c1-8(12(2)3)10-6-9(7-13)4-5-11(10)14/h4-8,14H,1-3H3. The van der Waals surface area contributed by atoms with Gasteiger partial charge in [-0.3, -0.25) is 4.79 Å². The van der Waals surface area contributed by atoms with Gasteiger partial charge in [-0.2, -0.15) is 0 Å². The highest BCUT2D eigenvalue weighted by Crippen LogP contribution is 2.27. The van der Waals surface area contributed by atoms with Gasteiger partial charge in [-0.1, -0.05) is 0 Å². The van der Waals surface area contributed by atoms with Crippen LogP contribution in [0.1, 0.15) is 28.9 Å². The fourth-order valence-electron chi connectivity index (χ4n) is 1.26. The SMILES string of the molecule is CC(c1cc(C=O)ccc1O)N(C)C. The maximum Gasteiger partial charge on any atom is 0.150 e. The first-order valence-corrected chi connectivity index (χ1v) is 4.50. The van der Waals surface area contributed by atoms with E-state index in [1.165, 1.54) is 0 Å². The molecule has 1 N–H and O–H groups in total. The molecule has 1 rings (SSSR count). The van der Waals surface area contributed by atoms with E-state index in [0.717, 1.165) is 11.8 Å². The van der Waals surface area contributed by atoms with Gasteiger partial charge in [-0.25, -0.2) is 0 Å². The van der Waals surface area contributed by atoms with Crippen molar-refractivity contribution in [3.8, 4) is 5.75 Å². The van der Waals surface area contributed by atoms with Crippen molar-refractivity contribution in [3.05, 3.63) is 29.3 Å². The number of carbonyl (C=O) groups excluding carboxylic acids is 1. The molecule has 0 aliphatic heterocycles. The molecule has 0 fully saturated rings. The highest BCUT2D eigenvalue weighted by atomic mass is 16.3. The van der Waals surface area contributed by atoms with Gasteiger partial charge in [0.1, 0.15) is 12.0 Å². The maximum atomic E-state index is 10.6. The number of nitrogens with zero attached hydrogens (tertiary/aromatic N) is 1. The lowest BCUT2D eigenvalue weighted by molar-refractivity contribution is 0.112. The second kappa shape index (κ2) is 4.24. The van der Waals surface area contributed by atoms with Crippen LogP contribution in [0, 0.1) is 0 Å². The largest absolute Gasteiger partial charge is 0.508 e. The molecule has 0 saturated heterocycles. The van der Waals surface area contributed by atoms with Crippen LogP contribution in [0.4, 0.5) is 0 Å². The lowest BCUT2D eigenvalue weighted by atomic mass is 10.0. The number of aldehydes is 1. The third-order valence-electron chi connectivity index (χ3n) is 2.41. The van der Waals surface area contributed by atoms with E-state index in [2.05, 4.69) is 0 Å². The Balaban J connectivity index is 3.11. The summed E-state index contributed by atoms with van der Waals surface area (Å²) in [5.74, 6) is 0.233. The number of hydrogen-bond donors (Lipinski definition) is 1. The van der Waals surface area contributed by atoms with Crippen molar-refractivity contribution in [2.45, 2.75) is 13.0 Å². The Hall–Kier alpha value is -1.35. The highest BCUT2D eigenvalue weighted by Gasteiger charge is 2.12. The molecule has 14 heavy (non-hydrogen) atoms. The number of aromatic hydroxyl groups is 1. The molecule has 0 aliphatic carbocycles. The molecule has 0 aromatic heterocycles. The second-order valence-electron chi connectivity index (χ2n) is 3.58. The quantitative estimate of drug-likeness (QED) is 0.744. The van der Waals surface area contributed by atoms with Gasteiger partial charge in [-0.15, -0.1) is 0 Å². The van der Waals surface area contributed by atoms with Gasteiger partial charge >= 0.3 is 0 Å². The Morgan fingerprint density at radius 2 is 2.07 bits per heavy atom. The summed E-state index contributed by atoms with van der Waals surface area (Å²) in [7, 11) is 3.86. The van der Waals surface area contributed by atoms with Crippen molar-refractivity contribution in [3.63, 3.8) is 0 Å². The summed E-state index contributed by atoms with van der Waals surface area (Å²) in [6.45, 7) is 1.98. The Labute approximate surface area is 84.0 Å². The summed E-state index contributed by atoms with van der Waals surface area (Å²) >= 11 is 0. The van der Waals surface area contributed by atoms with Crippen molar-refractivity contribution in [1.29, 1.82) is 0 Å². The van der Waals surface area contributed by atoms with Crippen molar-refractivity contribution in [1.82, 2.24) is 4.90 Å². The molecule has 3 heteroatoms. The molecule has 0 bridgehead atoms. The van der Waals surface area contributed by atoms with Gasteiger partial charge in [0.05, 0.1) is 0 Å². The first kappa shape index (κ1) is 10.7. The topological polar surface area (TPSA) is 40.5 Å². The van der Waals surface area contributed by atoms with Crippen LogP contribution in [0.15, 0.2) is 18.2 Å². The van der Waals surface area contributed by atoms with Crippen LogP contribution in [-0.4, -0.2) is 30.4 Å². The Morgan fingerprint density at radius 3 is 2.57 bits per heavy atom.